The lowest BCUT2D eigenvalue weighted by Crippen LogP contribution is -2.50. The number of ether oxygens (including phenoxy) is 1. The van der Waals surface area contributed by atoms with Crippen molar-refractivity contribution < 1.29 is 32.4 Å². The number of halogens is 3. The molecule has 0 unspecified atom stereocenters. The summed E-state index contributed by atoms with van der Waals surface area (Å²) in [6.07, 6.45) is -1.22. The molecule has 3 heterocycles. The van der Waals surface area contributed by atoms with Crippen LogP contribution in [-0.2, 0) is 17.6 Å². The summed E-state index contributed by atoms with van der Waals surface area (Å²) < 4.78 is 23.8. The van der Waals surface area contributed by atoms with Crippen molar-refractivity contribution in [3.05, 3.63) is 208 Å². The highest BCUT2D eigenvalue weighted by atomic mass is 35.5. The molecule has 0 fully saturated rings. The van der Waals surface area contributed by atoms with Gasteiger partial charge in [-0.1, -0.05) is 95.5 Å². The van der Waals surface area contributed by atoms with Crippen LogP contribution in [0.15, 0.2) is 161 Å². The van der Waals surface area contributed by atoms with Gasteiger partial charge < -0.3 is 28.6 Å². The number of carbonyl (C=O) groups excluding carboxylic acids is 3. The molecular weight excluding hydrogens is 871 g/mol. The number of fused-ring (bicyclic) bond motifs is 3. The Hall–Kier alpha value is -6.99. The summed E-state index contributed by atoms with van der Waals surface area (Å²) >= 11 is 18.3. The molecule has 0 spiro atoms. The summed E-state index contributed by atoms with van der Waals surface area (Å²) in [5.74, 6) is -3.69. The highest BCUT2D eigenvalue weighted by Gasteiger charge is 2.33. The van der Waals surface area contributed by atoms with E-state index >= 15 is 0 Å². The highest BCUT2D eigenvalue weighted by molar-refractivity contribution is 6.32. The van der Waals surface area contributed by atoms with Crippen molar-refractivity contribution in [2.24, 2.45) is 0 Å². The molecule has 5 aromatic carbocycles. The van der Waals surface area contributed by atoms with E-state index in [2.05, 4.69) is 10.6 Å². The van der Waals surface area contributed by atoms with E-state index in [0.29, 0.717) is 15.6 Å². The number of amides is 2. The van der Waals surface area contributed by atoms with E-state index in [1.807, 2.05) is 48.5 Å². The predicted molar refractivity (Wildman–Crippen MR) is 239 cm³/mol. The van der Waals surface area contributed by atoms with E-state index in [-0.39, 0.29) is 68.7 Å². The third-order valence-corrected chi connectivity index (χ3v) is 10.9. The molecule has 2 amide bonds. The minimum absolute atomic E-state index is 0.0617. The number of esters is 1. The Bertz CT molecular complexity index is 3220. The number of hydrogen-bond acceptors (Lipinski definition) is 10. The summed E-state index contributed by atoms with van der Waals surface area (Å²) in [5, 5.41) is 7.24. The molecule has 8 aromatic rings. The van der Waals surface area contributed by atoms with E-state index in [4.69, 9.17) is 52.8 Å². The summed E-state index contributed by atoms with van der Waals surface area (Å²) in [6, 6.07) is 32.5. The number of benzene rings is 5. The molecule has 8 rings (SSSR count). The van der Waals surface area contributed by atoms with Gasteiger partial charge in [0.25, 0.3) is 11.8 Å². The van der Waals surface area contributed by atoms with Crippen LogP contribution in [0.5, 0.6) is 0 Å². The SMILES string of the molecule is O=C(N[C@@H](Cc1ccccc1)C[C@H](OC(=O)c1cc(=O)c2cc(Cl)ccc2o1)[C@H](Cc1ccccc1)NC(=O)c1cc(=O)c2cc(Cl)ccc2o1)c1cc(=O)c2cc(Cl)ccc2o1. The molecule has 63 heavy (non-hydrogen) atoms. The molecule has 3 aromatic heterocycles. The van der Waals surface area contributed by atoms with Crippen LogP contribution in [0.4, 0.5) is 0 Å². The average Bonchev–Trinajstić information content (AvgIpc) is 3.27. The van der Waals surface area contributed by atoms with Gasteiger partial charge in [-0.05, 0) is 78.6 Å². The molecule has 0 bridgehead atoms. The normalized spacial score (nSPS) is 12.7. The molecule has 0 radical (unpaired) electrons. The molecule has 2 N–H and O–H groups in total. The predicted octanol–water partition coefficient (Wildman–Crippen LogP) is 8.96. The van der Waals surface area contributed by atoms with Gasteiger partial charge in [-0.15, -0.1) is 0 Å². The molecule has 12 nitrogen and oxygen atoms in total. The molecule has 15 heteroatoms. The Labute approximate surface area is 371 Å². The Balaban J connectivity index is 1.20. The molecule has 0 saturated carbocycles. The van der Waals surface area contributed by atoms with E-state index < -0.39 is 58.0 Å². The highest BCUT2D eigenvalue weighted by Crippen LogP contribution is 2.24. The molecule has 316 valence electrons. The number of hydrogen-bond donors (Lipinski definition) is 2. The molecular formula is C48H33Cl3N2O10. The lowest BCUT2D eigenvalue weighted by atomic mass is 9.93. The maximum absolute atomic E-state index is 14.2. The van der Waals surface area contributed by atoms with Gasteiger partial charge in [0.2, 0.25) is 5.76 Å². The van der Waals surface area contributed by atoms with Crippen molar-refractivity contribution in [3.63, 3.8) is 0 Å². The first-order chi connectivity index (χ1) is 30.4. The average molecular weight is 904 g/mol. The lowest BCUT2D eigenvalue weighted by Gasteiger charge is -2.31. The van der Waals surface area contributed by atoms with E-state index in [0.717, 1.165) is 23.8 Å². The molecule has 3 atom stereocenters. The largest absolute Gasteiger partial charge is 0.454 e. The van der Waals surface area contributed by atoms with Gasteiger partial charge >= 0.3 is 5.97 Å². The molecule has 0 aliphatic heterocycles. The van der Waals surface area contributed by atoms with Gasteiger partial charge in [-0.25, -0.2) is 4.79 Å². The fraction of sp³-hybridized carbons (Fsp3) is 0.125. The topological polar surface area (TPSA) is 175 Å². The fourth-order valence-corrected chi connectivity index (χ4v) is 7.73. The second-order valence-corrected chi connectivity index (χ2v) is 16.0. The van der Waals surface area contributed by atoms with Gasteiger partial charge in [0, 0.05) is 45.7 Å². The van der Waals surface area contributed by atoms with Crippen molar-refractivity contribution in [1.82, 2.24) is 10.6 Å². The second-order valence-electron chi connectivity index (χ2n) is 14.7. The molecule has 0 saturated heterocycles. The number of nitrogens with one attached hydrogen (secondary N) is 2. The van der Waals surface area contributed by atoms with Crippen LogP contribution in [0.25, 0.3) is 32.9 Å². The van der Waals surface area contributed by atoms with Gasteiger partial charge in [-0.3, -0.25) is 24.0 Å². The fourth-order valence-electron chi connectivity index (χ4n) is 7.21. The zero-order valence-electron chi connectivity index (χ0n) is 32.8. The van der Waals surface area contributed by atoms with E-state index in [1.165, 1.54) is 54.6 Å². The molecule has 0 aliphatic rings. The third kappa shape index (κ3) is 10.1. The molecule has 0 aliphatic carbocycles. The van der Waals surface area contributed by atoms with Crippen LogP contribution in [-0.4, -0.2) is 36.0 Å². The van der Waals surface area contributed by atoms with Crippen LogP contribution in [0.2, 0.25) is 15.1 Å². The van der Waals surface area contributed by atoms with Crippen molar-refractivity contribution in [2.75, 3.05) is 0 Å². The van der Waals surface area contributed by atoms with Crippen molar-refractivity contribution in [1.29, 1.82) is 0 Å². The summed E-state index contributed by atoms with van der Waals surface area (Å²) in [4.78, 5) is 81.9. The minimum atomic E-state index is -1.29. The maximum atomic E-state index is 14.2. The summed E-state index contributed by atoms with van der Waals surface area (Å²) in [5.41, 5.74) is 0.246. The summed E-state index contributed by atoms with van der Waals surface area (Å²) in [6.45, 7) is 0. The van der Waals surface area contributed by atoms with Crippen LogP contribution >= 0.6 is 34.8 Å². The van der Waals surface area contributed by atoms with Crippen LogP contribution in [0.1, 0.15) is 49.2 Å². The Morgan fingerprint density at radius 3 is 1.40 bits per heavy atom. The van der Waals surface area contributed by atoms with E-state index in [9.17, 15) is 28.8 Å². The van der Waals surface area contributed by atoms with Crippen LogP contribution in [0, 0.1) is 0 Å². The minimum Gasteiger partial charge on any atom is -0.454 e. The zero-order valence-corrected chi connectivity index (χ0v) is 35.0. The quantitative estimate of drug-likeness (QED) is 0.106. The van der Waals surface area contributed by atoms with Gasteiger partial charge in [-0.2, -0.15) is 0 Å². The monoisotopic (exact) mass is 902 g/mol. The van der Waals surface area contributed by atoms with Crippen molar-refractivity contribution in [3.8, 4) is 0 Å². The van der Waals surface area contributed by atoms with Crippen molar-refractivity contribution in [2.45, 2.75) is 37.5 Å². The Kier molecular flexibility index (Phi) is 12.6. The first-order valence-electron chi connectivity index (χ1n) is 19.5. The number of carbonyl (C=O) groups is 3. The van der Waals surface area contributed by atoms with Gasteiger partial charge in [0.1, 0.15) is 22.9 Å². The van der Waals surface area contributed by atoms with Crippen molar-refractivity contribution >= 4 is 85.5 Å². The first-order valence-corrected chi connectivity index (χ1v) is 20.6. The van der Waals surface area contributed by atoms with Crippen LogP contribution in [0.3, 0.4) is 0 Å². The van der Waals surface area contributed by atoms with Gasteiger partial charge in [0.05, 0.1) is 22.2 Å². The maximum Gasteiger partial charge on any atom is 0.374 e. The Morgan fingerprint density at radius 1 is 0.508 bits per heavy atom. The number of rotatable bonds is 13. The standard InChI is InChI=1S/C48H33Cl3N2O10/c49-28-11-14-39-32(19-28)36(54)23-43(60-39)46(57)52-31(17-26-7-3-1-4-8-26)22-42(63-48(59)45-25-38(56)34-21-30(51)13-16-41(34)62-45)35(18-27-9-5-2-6-10-27)53-47(58)44-24-37(55)33-20-29(50)12-15-40(33)61-44/h1-16,19-21,23-25,31,35,42H,17-18,22H2,(H,52,57)(H,53,58)/t31-,35-,42-/m0/s1. The smallest absolute Gasteiger partial charge is 0.374 e. The van der Waals surface area contributed by atoms with Crippen LogP contribution < -0.4 is 26.9 Å². The zero-order chi connectivity index (χ0) is 44.2. The first kappa shape index (κ1) is 42.7. The second kappa shape index (κ2) is 18.5. The Morgan fingerprint density at radius 2 is 0.921 bits per heavy atom. The summed E-state index contributed by atoms with van der Waals surface area (Å²) in [7, 11) is 0. The lowest BCUT2D eigenvalue weighted by molar-refractivity contribution is 0.0112. The van der Waals surface area contributed by atoms with Gasteiger partial charge in [0.15, 0.2) is 27.8 Å². The third-order valence-electron chi connectivity index (χ3n) is 10.2. The van der Waals surface area contributed by atoms with E-state index in [1.54, 1.807) is 12.1 Å².